The van der Waals surface area contributed by atoms with E-state index >= 15 is 0 Å². The molecule has 1 aromatic heterocycles. The summed E-state index contributed by atoms with van der Waals surface area (Å²) in [6.45, 7) is 0.380. The maximum Gasteiger partial charge on any atom is 0.251 e. The Morgan fingerprint density at radius 2 is 1.68 bits per heavy atom. The quantitative estimate of drug-likeness (QED) is 0.525. The van der Waals surface area contributed by atoms with Crippen molar-refractivity contribution in [2.75, 3.05) is 17.2 Å². The Hall–Kier alpha value is -2.96. The van der Waals surface area contributed by atoms with Crippen LogP contribution < -0.4 is 16.0 Å². The van der Waals surface area contributed by atoms with Gasteiger partial charge in [-0.15, -0.1) is 0 Å². The predicted molar refractivity (Wildman–Crippen MR) is 110 cm³/mol. The first-order valence-corrected chi connectivity index (χ1v) is 9.16. The van der Waals surface area contributed by atoms with Gasteiger partial charge in [0.05, 0.1) is 29.4 Å². The van der Waals surface area contributed by atoms with Crippen LogP contribution in [0.15, 0.2) is 65.3 Å². The topological polar surface area (TPSA) is 83.4 Å². The van der Waals surface area contributed by atoms with Crippen LogP contribution in [0.1, 0.15) is 16.1 Å². The van der Waals surface area contributed by atoms with E-state index < -0.39 is 0 Å². The third-order valence-electron chi connectivity index (χ3n) is 3.81. The molecule has 0 radical (unpaired) electrons. The summed E-state index contributed by atoms with van der Waals surface area (Å²) in [5.74, 6) is 0.235. The van der Waals surface area contributed by atoms with Crippen molar-refractivity contribution in [2.24, 2.45) is 0 Å². The summed E-state index contributed by atoms with van der Waals surface area (Å²) < 4.78 is 5.17. The summed E-state index contributed by atoms with van der Waals surface area (Å²) in [6.07, 6.45) is 1.56. The van der Waals surface area contributed by atoms with E-state index in [4.69, 9.17) is 27.6 Å². The zero-order chi connectivity index (χ0) is 19.9. The Kier molecular flexibility index (Phi) is 6.57. The zero-order valence-electron chi connectivity index (χ0n) is 14.7. The van der Waals surface area contributed by atoms with E-state index in [2.05, 4.69) is 16.0 Å². The number of hydrogen-bond donors (Lipinski definition) is 3. The highest BCUT2D eigenvalue weighted by Gasteiger charge is 2.08. The molecule has 0 aliphatic rings. The maximum atomic E-state index is 12.1. The van der Waals surface area contributed by atoms with Crippen molar-refractivity contribution < 1.29 is 14.0 Å². The highest BCUT2D eigenvalue weighted by atomic mass is 35.5. The molecule has 8 heteroatoms. The van der Waals surface area contributed by atoms with Gasteiger partial charge in [0.1, 0.15) is 5.76 Å². The number of anilines is 2. The lowest BCUT2D eigenvalue weighted by atomic mass is 10.2. The first kappa shape index (κ1) is 19.8. The number of halogens is 2. The summed E-state index contributed by atoms with van der Waals surface area (Å²) >= 11 is 11.8. The van der Waals surface area contributed by atoms with Crippen LogP contribution >= 0.6 is 23.2 Å². The fourth-order valence-corrected chi connectivity index (χ4v) is 2.68. The number of carbonyl (C=O) groups is 2. The Labute approximate surface area is 171 Å². The van der Waals surface area contributed by atoms with Crippen LogP contribution in [0.4, 0.5) is 11.4 Å². The number of carbonyl (C=O) groups excluding carboxylic acids is 2. The molecule has 3 N–H and O–H groups in total. The van der Waals surface area contributed by atoms with Crippen LogP contribution in [-0.4, -0.2) is 18.4 Å². The number of hydrogen-bond acceptors (Lipinski definition) is 4. The Morgan fingerprint density at radius 1 is 0.929 bits per heavy atom. The molecule has 1 heterocycles. The molecule has 6 nitrogen and oxygen atoms in total. The van der Waals surface area contributed by atoms with E-state index in [0.29, 0.717) is 39.3 Å². The minimum absolute atomic E-state index is 0.0598. The monoisotopic (exact) mass is 417 g/mol. The normalized spacial score (nSPS) is 10.4. The van der Waals surface area contributed by atoms with E-state index in [9.17, 15) is 9.59 Å². The van der Waals surface area contributed by atoms with Gasteiger partial charge in [-0.25, -0.2) is 0 Å². The lowest BCUT2D eigenvalue weighted by Crippen LogP contribution is -2.23. The van der Waals surface area contributed by atoms with Crippen molar-refractivity contribution in [1.29, 1.82) is 0 Å². The first-order valence-electron chi connectivity index (χ1n) is 8.40. The smallest absolute Gasteiger partial charge is 0.251 e. The summed E-state index contributed by atoms with van der Waals surface area (Å²) in [7, 11) is 0. The minimum Gasteiger partial charge on any atom is -0.467 e. The van der Waals surface area contributed by atoms with Crippen molar-refractivity contribution in [1.82, 2.24) is 5.32 Å². The number of benzene rings is 2. The van der Waals surface area contributed by atoms with Gasteiger partial charge >= 0.3 is 0 Å². The first-order chi connectivity index (χ1) is 13.5. The van der Waals surface area contributed by atoms with Gasteiger partial charge in [0.15, 0.2) is 0 Å². The van der Waals surface area contributed by atoms with Crippen molar-refractivity contribution in [2.45, 2.75) is 6.54 Å². The molecule has 0 atom stereocenters. The molecule has 3 rings (SSSR count). The molecule has 2 aromatic carbocycles. The summed E-state index contributed by atoms with van der Waals surface area (Å²) in [5, 5.41) is 9.28. The third kappa shape index (κ3) is 5.52. The number of nitrogens with one attached hydrogen (secondary N) is 3. The fraction of sp³-hybridized carbons (Fsp3) is 0.100. The van der Waals surface area contributed by atoms with Crippen molar-refractivity contribution in [3.63, 3.8) is 0 Å². The highest BCUT2D eigenvalue weighted by molar-refractivity contribution is 6.42. The van der Waals surface area contributed by atoms with E-state index in [1.54, 1.807) is 60.9 Å². The van der Waals surface area contributed by atoms with Crippen LogP contribution in [0.5, 0.6) is 0 Å². The van der Waals surface area contributed by atoms with Crippen molar-refractivity contribution >= 4 is 46.4 Å². The molecular weight excluding hydrogens is 401 g/mol. The lowest BCUT2D eigenvalue weighted by molar-refractivity contribution is -0.114. The van der Waals surface area contributed by atoms with Crippen LogP contribution in [0.2, 0.25) is 10.0 Å². The molecule has 2 amide bonds. The maximum absolute atomic E-state index is 12.1. The SMILES string of the molecule is O=C(CNc1ccc(C(=O)NCc2ccco2)cc1)Nc1ccc(Cl)c(Cl)c1. The number of amides is 2. The molecule has 0 spiro atoms. The molecular formula is C20H17Cl2N3O3. The van der Waals surface area contributed by atoms with Crippen LogP contribution in [-0.2, 0) is 11.3 Å². The molecule has 0 bridgehead atoms. The molecule has 0 aliphatic carbocycles. The summed E-state index contributed by atoms with van der Waals surface area (Å²) in [5.41, 5.74) is 1.79. The molecule has 0 saturated heterocycles. The molecule has 0 aliphatic heterocycles. The van der Waals surface area contributed by atoms with Gasteiger partial charge in [0, 0.05) is 16.9 Å². The van der Waals surface area contributed by atoms with Crippen LogP contribution in [0.3, 0.4) is 0 Å². The third-order valence-corrected chi connectivity index (χ3v) is 4.55. The Morgan fingerprint density at radius 3 is 2.36 bits per heavy atom. The van der Waals surface area contributed by atoms with Crippen molar-refractivity contribution in [3.05, 3.63) is 82.2 Å². The van der Waals surface area contributed by atoms with Crippen molar-refractivity contribution in [3.8, 4) is 0 Å². The number of rotatable bonds is 7. The molecule has 0 saturated carbocycles. The lowest BCUT2D eigenvalue weighted by Gasteiger charge is -2.09. The Balaban J connectivity index is 1.47. The average molecular weight is 418 g/mol. The number of furan rings is 1. The minimum atomic E-state index is -0.237. The second-order valence-electron chi connectivity index (χ2n) is 5.87. The highest BCUT2D eigenvalue weighted by Crippen LogP contribution is 2.24. The van der Waals surface area contributed by atoms with Gasteiger partial charge in [-0.05, 0) is 54.6 Å². The van der Waals surface area contributed by atoms with Gasteiger partial charge in [0.25, 0.3) is 5.91 Å². The van der Waals surface area contributed by atoms with E-state index in [1.807, 2.05) is 0 Å². The molecule has 3 aromatic rings. The van der Waals surface area contributed by atoms with E-state index in [-0.39, 0.29) is 18.4 Å². The standard InChI is InChI=1S/C20H17Cl2N3O3/c21-17-8-7-15(10-18(17)22)25-19(26)12-23-14-5-3-13(4-6-14)20(27)24-11-16-2-1-9-28-16/h1-10,23H,11-12H2,(H,24,27)(H,25,26). The second kappa shape index (κ2) is 9.30. The van der Waals surface area contributed by atoms with E-state index in [0.717, 1.165) is 0 Å². The summed E-state index contributed by atoms with van der Waals surface area (Å²) in [6, 6.07) is 15.2. The Bertz CT molecular complexity index is 957. The van der Waals surface area contributed by atoms with Gasteiger partial charge in [-0.1, -0.05) is 23.2 Å². The zero-order valence-corrected chi connectivity index (χ0v) is 16.2. The van der Waals surface area contributed by atoms with Gasteiger partial charge in [-0.2, -0.15) is 0 Å². The van der Waals surface area contributed by atoms with Crippen LogP contribution in [0, 0.1) is 0 Å². The summed E-state index contributed by atoms with van der Waals surface area (Å²) in [4.78, 5) is 24.1. The molecule has 28 heavy (non-hydrogen) atoms. The van der Waals surface area contributed by atoms with Gasteiger partial charge < -0.3 is 20.4 Å². The second-order valence-corrected chi connectivity index (χ2v) is 6.68. The molecule has 0 unspecified atom stereocenters. The predicted octanol–water partition coefficient (Wildman–Crippen LogP) is 4.57. The van der Waals surface area contributed by atoms with Crippen LogP contribution in [0.25, 0.3) is 0 Å². The largest absolute Gasteiger partial charge is 0.467 e. The average Bonchev–Trinajstić information content (AvgIpc) is 3.21. The van der Waals surface area contributed by atoms with E-state index in [1.165, 1.54) is 0 Å². The van der Waals surface area contributed by atoms with Gasteiger partial charge in [-0.3, -0.25) is 9.59 Å². The van der Waals surface area contributed by atoms with Gasteiger partial charge in [0.2, 0.25) is 5.91 Å². The fourth-order valence-electron chi connectivity index (χ4n) is 2.38. The molecule has 144 valence electrons. The molecule has 0 fully saturated rings.